The number of likely N-dealkylation sites (tertiary alicyclic amines) is 1. The minimum Gasteiger partial charge on any atom is -0.478 e. The molecule has 1 saturated heterocycles. The van der Waals surface area contributed by atoms with Crippen molar-refractivity contribution >= 4 is 17.3 Å². The molecule has 0 bridgehead atoms. The Bertz CT molecular complexity index is 676. The van der Waals surface area contributed by atoms with Crippen molar-refractivity contribution in [3.63, 3.8) is 0 Å². The van der Waals surface area contributed by atoms with Crippen LogP contribution in [0.5, 0.6) is 0 Å². The normalized spacial score (nSPS) is 18.4. The smallest absolute Gasteiger partial charge is 0.327 e. The summed E-state index contributed by atoms with van der Waals surface area (Å²) in [7, 11) is 0. The number of hydrogen-bond acceptors (Lipinski definition) is 3. The molecule has 4 heteroatoms. The van der Waals surface area contributed by atoms with Crippen LogP contribution in [0.3, 0.4) is 0 Å². The standard InChI is InChI=1S/C20H23NO2S/c22-20(23)5-1-3-16-6-8-18(9-7-16)19-4-2-12-21(19)13-10-17-11-14-24-15-17/h1,5-9,11,14-15,19H,2-4,10,12-13H2,(H,22,23)/b5-1+/t19-/m0/s1. The molecule has 0 aliphatic carbocycles. The lowest BCUT2D eigenvalue weighted by Gasteiger charge is -2.24. The average molecular weight is 341 g/mol. The molecule has 0 saturated carbocycles. The molecule has 3 nitrogen and oxygen atoms in total. The Morgan fingerprint density at radius 3 is 2.79 bits per heavy atom. The van der Waals surface area contributed by atoms with Gasteiger partial charge in [0.25, 0.3) is 0 Å². The van der Waals surface area contributed by atoms with Crippen molar-refractivity contribution in [2.45, 2.75) is 31.7 Å². The third-order valence-electron chi connectivity index (χ3n) is 4.61. The maximum absolute atomic E-state index is 10.5. The fourth-order valence-corrected chi connectivity index (χ4v) is 4.05. The number of nitrogens with zero attached hydrogens (tertiary/aromatic N) is 1. The third-order valence-corrected chi connectivity index (χ3v) is 5.34. The molecule has 1 atom stereocenters. The molecule has 0 spiro atoms. The summed E-state index contributed by atoms with van der Waals surface area (Å²) in [5.41, 5.74) is 3.97. The molecule has 126 valence electrons. The SMILES string of the molecule is O=C(O)/C=C/Cc1ccc([C@@H]2CCCN2CCc2ccsc2)cc1. The first-order valence-corrected chi connectivity index (χ1v) is 9.40. The molecular weight excluding hydrogens is 318 g/mol. The molecule has 0 radical (unpaired) electrons. The topological polar surface area (TPSA) is 40.5 Å². The second-order valence-corrected chi connectivity index (χ2v) is 7.04. The van der Waals surface area contributed by atoms with Crippen LogP contribution in [0.2, 0.25) is 0 Å². The predicted molar refractivity (Wildman–Crippen MR) is 98.5 cm³/mol. The molecule has 1 aliphatic heterocycles. The van der Waals surface area contributed by atoms with Crippen molar-refractivity contribution < 1.29 is 9.90 Å². The third kappa shape index (κ3) is 4.56. The minimum atomic E-state index is -0.890. The number of rotatable bonds is 7. The van der Waals surface area contributed by atoms with Gasteiger partial charge in [-0.15, -0.1) is 0 Å². The van der Waals surface area contributed by atoms with Gasteiger partial charge in [-0.25, -0.2) is 4.79 Å². The van der Waals surface area contributed by atoms with E-state index in [0.717, 1.165) is 18.5 Å². The van der Waals surface area contributed by atoms with Crippen molar-refractivity contribution in [2.75, 3.05) is 13.1 Å². The van der Waals surface area contributed by atoms with Gasteiger partial charge in [-0.05, 0) is 65.7 Å². The molecule has 1 fully saturated rings. The monoisotopic (exact) mass is 341 g/mol. The van der Waals surface area contributed by atoms with Gasteiger partial charge in [-0.2, -0.15) is 11.3 Å². The Morgan fingerprint density at radius 2 is 2.08 bits per heavy atom. The maximum Gasteiger partial charge on any atom is 0.327 e. The zero-order valence-electron chi connectivity index (χ0n) is 13.7. The number of carboxylic acids is 1. The summed E-state index contributed by atoms with van der Waals surface area (Å²) in [6.45, 7) is 2.29. The van der Waals surface area contributed by atoms with E-state index in [1.165, 1.54) is 36.6 Å². The molecule has 0 amide bonds. The summed E-state index contributed by atoms with van der Waals surface area (Å²) in [5.74, 6) is -0.890. The summed E-state index contributed by atoms with van der Waals surface area (Å²) in [5, 5.41) is 13.0. The Hall–Kier alpha value is -1.91. The Balaban J connectivity index is 1.59. The van der Waals surface area contributed by atoms with Gasteiger partial charge in [0.2, 0.25) is 0 Å². The molecule has 1 aromatic carbocycles. The molecule has 2 heterocycles. The number of carboxylic acid groups (broad SMARTS) is 1. The second-order valence-electron chi connectivity index (χ2n) is 6.26. The van der Waals surface area contributed by atoms with Crippen LogP contribution in [-0.2, 0) is 17.6 Å². The first kappa shape index (κ1) is 16.9. The van der Waals surface area contributed by atoms with Gasteiger partial charge in [-0.3, -0.25) is 4.90 Å². The fourth-order valence-electron chi connectivity index (χ4n) is 3.35. The summed E-state index contributed by atoms with van der Waals surface area (Å²) >= 11 is 1.77. The van der Waals surface area contributed by atoms with Crippen LogP contribution in [0.15, 0.2) is 53.2 Å². The van der Waals surface area contributed by atoms with E-state index in [4.69, 9.17) is 5.11 Å². The van der Waals surface area contributed by atoms with Crippen molar-refractivity contribution in [1.82, 2.24) is 4.90 Å². The van der Waals surface area contributed by atoms with E-state index in [1.54, 1.807) is 17.4 Å². The van der Waals surface area contributed by atoms with E-state index in [-0.39, 0.29) is 0 Å². The number of aliphatic carboxylic acids is 1. The van der Waals surface area contributed by atoms with Crippen LogP contribution in [-0.4, -0.2) is 29.1 Å². The number of benzene rings is 1. The molecule has 2 aromatic rings. The van der Waals surface area contributed by atoms with Gasteiger partial charge in [0.15, 0.2) is 0 Å². The molecular formula is C20H23NO2S. The van der Waals surface area contributed by atoms with Gasteiger partial charge in [0.05, 0.1) is 0 Å². The highest BCUT2D eigenvalue weighted by Gasteiger charge is 2.25. The first-order chi connectivity index (χ1) is 11.7. The van der Waals surface area contributed by atoms with Crippen LogP contribution in [0.1, 0.15) is 35.6 Å². The van der Waals surface area contributed by atoms with Gasteiger partial charge in [0.1, 0.15) is 0 Å². The molecule has 3 rings (SSSR count). The highest BCUT2D eigenvalue weighted by atomic mass is 32.1. The lowest BCUT2D eigenvalue weighted by Crippen LogP contribution is -2.25. The minimum absolute atomic E-state index is 0.521. The molecule has 1 aliphatic rings. The number of hydrogen-bond donors (Lipinski definition) is 1. The lowest BCUT2D eigenvalue weighted by molar-refractivity contribution is -0.131. The lowest BCUT2D eigenvalue weighted by atomic mass is 10.0. The zero-order chi connectivity index (χ0) is 16.8. The highest BCUT2D eigenvalue weighted by Crippen LogP contribution is 2.32. The first-order valence-electron chi connectivity index (χ1n) is 8.46. The van der Waals surface area contributed by atoms with Crippen molar-refractivity contribution in [3.8, 4) is 0 Å². The summed E-state index contributed by atoms with van der Waals surface area (Å²) < 4.78 is 0. The quantitative estimate of drug-likeness (QED) is 0.763. The zero-order valence-corrected chi connectivity index (χ0v) is 14.5. The molecule has 1 aromatic heterocycles. The van der Waals surface area contributed by atoms with Crippen LogP contribution in [0.4, 0.5) is 0 Å². The predicted octanol–water partition coefficient (Wildman–Crippen LogP) is 4.31. The van der Waals surface area contributed by atoms with E-state index < -0.39 is 5.97 Å². The molecule has 1 N–H and O–H groups in total. The van der Waals surface area contributed by atoms with E-state index in [9.17, 15) is 4.79 Å². The van der Waals surface area contributed by atoms with Crippen molar-refractivity contribution in [1.29, 1.82) is 0 Å². The maximum atomic E-state index is 10.5. The largest absolute Gasteiger partial charge is 0.478 e. The number of thiophene rings is 1. The van der Waals surface area contributed by atoms with Crippen molar-refractivity contribution in [2.24, 2.45) is 0 Å². The van der Waals surface area contributed by atoms with E-state index >= 15 is 0 Å². The highest BCUT2D eigenvalue weighted by molar-refractivity contribution is 7.07. The van der Waals surface area contributed by atoms with Crippen LogP contribution in [0, 0.1) is 0 Å². The second kappa shape index (κ2) is 8.27. The van der Waals surface area contributed by atoms with Gasteiger partial charge in [0, 0.05) is 18.7 Å². The van der Waals surface area contributed by atoms with E-state index in [0.29, 0.717) is 12.5 Å². The summed E-state index contributed by atoms with van der Waals surface area (Å²) in [6, 6.07) is 11.4. The number of allylic oxidation sites excluding steroid dienone is 1. The fraction of sp³-hybridized carbons (Fsp3) is 0.350. The van der Waals surface area contributed by atoms with Gasteiger partial charge >= 0.3 is 5.97 Å². The molecule has 0 unspecified atom stereocenters. The average Bonchev–Trinajstić information content (AvgIpc) is 3.25. The Labute approximate surface area is 147 Å². The van der Waals surface area contributed by atoms with E-state index in [1.807, 2.05) is 0 Å². The van der Waals surface area contributed by atoms with E-state index in [2.05, 4.69) is 46.0 Å². The van der Waals surface area contributed by atoms with Crippen LogP contribution >= 0.6 is 11.3 Å². The van der Waals surface area contributed by atoms with Gasteiger partial charge in [-0.1, -0.05) is 30.3 Å². The van der Waals surface area contributed by atoms with Crippen LogP contribution in [0.25, 0.3) is 0 Å². The Morgan fingerprint density at radius 1 is 1.25 bits per heavy atom. The Kier molecular flexibility index (Phi) is 5.83. The van der Waals surface area contributed by atoms with Gasteiger partial charge < -0.3 is 5.11 Å². The summed E-state index contributed by atoms with van der Waals surface area (Å²) in [6.07, 6.45) is 7.17. The van der Waals surface area contributed by atoms with Crippen molar-refractivity contribution in [3.05, 3.63) is 69.9 Å². The van der Waals surface area contributed by atoms with Crippen LogP contribution < -0.4 is 0 Å². The summed E-state index contributed by atoms with van der Waals surface area (Å²) in [4.78, 5) is 13.1. The number of carbonyl (C=O) groups is 1. The molecule has 24 heavy (non-hydrogen) atoms.